The Kier molecular flexibility index (Phi) is 2.66. The highest BCUT2D eigenvalue weighted by Gasteiger charge is 2.15. The molecule has 20 heavy (non-hydrogen) atoms. The van der Waals surface area contributed by atoms with Gasteiger partial charge in [0.05, 0.1) is 16.0 Å². The molecule has 1 heterocycles. The number of fused-ring (bicyclic) bond motifs is 1. The zero-order valence-electron chi connectivity index (χ0n) is 10.2. The molecule has 0 atom stereocenters. The quantitative estimate of drug-likeness (QED) is 0.568. The lowest BCUT2D eigenvalue weighted by molar-refractivity contribution is -0.385. The van der Waals surface area contributed by atoms with Crippen molar-refractivity contribution in [2.45, 2.75) is 0 Å². The molecule has 6 nitrogen and oxygen atoms in total. The van der Waals surface area contributed by atoms with E-state index in [0.717, 1.165) is 11.0 Å². The topological polar surface area (TPSA) is 95.6 Å². The zero-order chi connectivity index (χ0) is 14.1. The number of hydrogen-bond donors (Lipinski definition) is 1. The third kappa shape index (κ3) is 1.87. The monoisotopic (exact) mass is 264 g/mol. The molecule has 1 aromatic heterocycles. The minimum absolute atomic E-state index is 0.0213. The molecule has 6 heteroatoms. The summed E-state index contributed by atoms with van der Waals surface area (Å²) in [6.07, 6.45) is 0. The van der Waals surface area contributed by atoms with Crippen LogP contribution in [0.15, 0.2) is 42.5 Å². The van der Waals surface area contributed by atoms with Crippen LogP contribution in [-0.2, 0) is 0 Å². The van der Waals surface area contributed by atoms with Crippen LogP contribution in [0.5, 0.6) is 0 Å². The van der Waals surface area contributed by atoms with Crippen molar-refractivity contribution in [3.8, 4) is 17.5 Å². The Balaban J connectivity index is 2.15. The maximum absolute atomic E-state index is 10.8. The number of nitro groups is 1. The van der Waals surface area contributed by atoms with Crippen LogP contribution in [-0.4, -0.2) is 14.9 Å². The fourth-order valence-electron chi connectivity index (χ4n) is 2.02. The number of nitro benzene ring substituents is 1. The number of H-pyrrole nitrogens is 1. The van der Waals surface area contributed by atoms with Crippen molar-refractivity contribution in [3.05, 3.63) is 58.1 Å². The highest BCUT2D eigenvalue weighted by Crippen LogP contribution is 2.26. The van der Waals surface area contributed by atoms with Gasteiger partial charge < -0.3 is 4.98 Å². The lowest BCUT2D eigenvalue weighted by atomic mass is 10.1. The van der Waals surface area contributed by atoms with E-state index < -0.39 is 4.92 Å². The second-order valence-electron chi connectivity index (χ2n) is 4.20. The van der Waals surface area contributed by atoms with E-state index in [4.69, 9.17) is 5.26 Å². The number of aromatic amines is 1. The molecule has 0 bridgehead atoms. The summed E-state index contributed by atoms with van der Waals surface area (Å²) in [6.45, 7) is 0. The largest absolute Gasteiger partial charge is 0.338 e. The molecule has 0 aliphatic rings. The van der Waals surface area contributed by atoms with Gasteiger partial charge >= 0.3 is 0 Å². The van der Waals surface area contributed by atoms with Gasteiger partial charge in [0.1, 0.15) is 17.5 Å². The molecule has 0 fully saturated rings. The summed E-state index contributed by atoms with van der Waals surface area (Å²) in [5.74, 6) is 0.581. The van der Waals surface area contributed by atoms with E-state index in [1.807, 2.05) is 30.3 Å². The van der Waals surface area contributed by atoms with Crippen molar-refractivity contribution in [3.63, 3.8) is 0 Å². The summed E-state index contributed by atoms with van der Waals surface area (Å²) in [5, 5.41) is 19.8. The Bertz CT molecular complexity index is 828. The normalized spacial score (nSPS) is 10.3. The number of imidazole rings is 1. The van der Waals surface area contributed by atoms with Crippen molar-refractivity contribution in [1.29, 1.82) is 5.26 Å². The predicted molar refractivity (Wildman–Crippen MR) is 72.9 cm³/mol. The number of nitrogens with one attached hydrogen (secondary N) is 1. The van der Waals surface area contributed by atoms with E-state index in [1.54, 1.807) is 6.07 Å². The van der Waals surface area contributed by atoms with Crippen LogP contribution in [0.3, 0.4) is 0 Å². The van der Waals surface area contributed by atoms with E-state index in [-0.39, 0.29) is 11.3 Å². The summed E-state index contributed by atoms with van der Waals surface area (Å²) >= 11 is 0. The van der Waals surface area contributed by atoms with Crippen LogP contribution in [0.2, 0.25) is 0 Å². The van der Waals surface area contributed by atoms with Gasteiger partial charge in [-0.15, -0.1) is 0 Å². The predicted octanol–water partition coefficient (Wildman–Crippen LogP) is 3.01. The van der Waals surface area contributed by atoms with Crippen molar-refractivity contribution in [2.24, 2.45) is 0 Å². The van der Waals surface area contributed by atoms with E-state index in [0.29, 0.717) is 11.4 Å². The van der Waals surface area contributed by atoms with E-state index in [2.05, 4.69) is 9.97 Å². The molecule has 0 aliphatic carbocycles. The maximum Gasteiger partial charge on any atom is 0.287 e. The van der Waals surface area contributed by atoms with Crippen LogP contribution in [0.25, 0.3) is 22.4 Å². The van der Waals surface area contributed by atoms with E-state index in [9.17, 15) is 10.1 Å². The number of para-hydroxylation sites is 2. The minimum Gasteiger partial charge on any atom is -0.338 e. The minimum atomic E-state index is -0.568. The lowest BCUT2D eigenvalue weighted by Gasteiger charge is -1.98. The molecule has 0 saturated heterocycles. The third-order valence-electron chi connectivity index (χ3n) is 2.98. The Hall–Kier alpha value is -3.20. The highest BCUT2D eigenvalue weighted by molar-refractivity contribution is 5.79. The van der Waals surface area contributed by atoms with Gasteiger partial charge in [0.2, 0.25) is 0 Å². The van der Waals surface area contributed by atoms with Crippen LogP contribution >= 0.6 is 0 Å². The van der Waals surface area contributed by atoms with Crippen LogP contribution in [0, 0.1) is 21.4 Å². The van der Waals surface area contributed by atoms with Gasteiger partial charge in [-0.2, -0.15) is 5.26 Å². The SMILES string of the molecule is N#Cc1cc(-c2nc3ccccc3[nH]2)ccc1[N+](=O)[O-]. The molecule has 1 N–H and O–H groups in total. The average molecular weight is 264 g/mol. The summed E-state index contributed by atoms with van der Waals surface area (Å²) in [7, 11) is 0. The van der Waals surface area contributed by atoms with Crippen molar-refractivity contribution in [1.82, 2.24) is 9.97 Å². The Labute approximate surface area is 113 Å². The number of benzene rings is 2. The van der Waals surface area contributed by atoms with Gasteiger partial charge in [-0.25, -0.2) is 4.98 Å². The smallest absolute Gasteiger partial charge is 0.287 e. The molecule has 0 unspecified atom stereocenters. The van der Waals surface area contributed by atoms with Crippen LogP contribution in [0.4, 0.5) is 5.69 Å². The molecule has 0 radical (unpaired) electrons. The summed E-state index contributed by atoms with van der Waals surface area (Å²) < 4.78 is 0. The first-order chi connectivity index (χ1) is 9.69. The van der Waals surface area contributed by atoms with Crippen molar-refractivity contribution in [2.75, 3.05) is 0 Å². The van der Waals surface area contributed by atoms with Gasteiger partial charge in [-0.3, -0.25) is 10.1 Å². The molecule has 0 amide bonds. The number of nitriles is 1. The maximum atomic E-state index is 10.8. The first-order valence-corrected chi connectivity index (χ1v) is 5.82. The van der Waals surface area contributed by atoms with Gasteiger partial charge in [0.15, 0.2) is 0 Å². The molecule has 0 spiro atoms. The van der Waals surface area contributed by atoms with Gasteiger partial charge in [-0.05, 0) is 24.3 Å². The first kappa shape index (κ1) is 11.9. The highest BCUT2D eigenvalue weighted by atomic mass is 16.6. The Morgan fingerprint density at radius 2 is 2.05 bits per heavy atom. The molecule has 0 aliphatic heterocycles. The number of hydrogen-bond acceptors (Lipinski definition) is 4. The molecule has 3 aromatic rings. The van der Waals surface area contributed by atoms with Crippen molar-refractivity contribution >= 4 is 16.7 Å². The summed E-state index contributed by atoms with van der Waals surface area (Å²) in [4.78, 5) is 17.8. The van der Waals surface area contributed by atoms with Crippen LogP contribution < -0.4 is 0 Å². The van der Waals surface area contributed by atoms with Crippen molar-refractivity contribution < 1.29 is 4.92 Å². The van der Waals surface area contributed by atoms with Crippen LogP contribution in [0.1, 0.15) is 5.56 Å². The van der Waals surface area contributed by atoms with Gasteiger partial charge in [-0.1, -0.05) is 12.1 Å². The zero-order valence-corrected chi connectivity index (χ0v) is 10.2. The molecule has 2 aromatic carbocycles. The molecular formula is C14H8N4O2. The number of aromatic nitrogens is 2. The second kappa shape index (κ2) is 4.48. The molecule has 0 saturated carbocycles. The number of nitrogens with zero attached hydrogens (tertiary/aromatic N) is 3. The lowest BCUT2D eigenvalue weighted by Crippen LogP contribution is -1.93. The Morgan fingerprint density at radius 3 is 2.75 bits per heavy atom. The number of rotatable bonds is 2. The molecule has 96 valence electrons. The Morgan fingerprint density at radius 1 is 1.25 bits per heavy atom. The fraction of sp³-hybridized carbons (Fsp3) is 0. The molecule has 3 rings (SSSR count). The second-order valence-corrected chi connectivity index (χ2v) is 4.20. The average Bonchev–Trinajstić information content (AvgIpc) is 2.90. The van der Waals surface area contributed by atoms with Gasteiger partial charge in [0, 0.05) is 11.6 Å². The van der Waals surface area contributed by atoms with E-state index >= 15 is 0 Å². The summed E-state index contributed by atoms with van der Waals surface area (Å²) in [6, 6.07) is 13.7. The third-order valence-corrected chi connectivity index (χ3v) is 2.98. The molecular weight excluding hydrogens is 256 g/mol. The summed E-state index contributed by atoms with van der Waals surface area (Å²) in [5.41, 5.74) is 2.14. The van der Waals surface area contributed by atoms with Gasteiger partial charge in [0.25, 0.3) is 5.69 Å². The standard InChI is InChI=1S/C14H8N4O2/c15-8-10-7-9(5-6-13(10)18(19)20)14-16-11-3-1-2-4-12(11)17-14/h1-7H,(H,16,17). The van der Waals surface area contributed by atoms with E-state index in [1.165, 1.54) is 12.1 Å². The first-order valence-electron chi connectivity index (χ1n) is 5.82. The fourth-order valence-corrected chi connectivity index (χ4v) is 2.02.